The molecule has 1 rings (SSSR count). The number of likely N-dealkylation sites (N-methyl/N-ethyl adjacent to an activating group) is 1. The number of hydrogen-bond donors (Lipinski definition) is 0. The second kappa shape index (κ2) is 4.64. The van der Waals surface area contributed by atoms with Crippen LogP contribution in [-0.4, -0.2) is 27.1 Å². The molecular weight excluding hydrogens is 188 g/mol. The molecule has 0 radical (unpaired) electrons. The summed E-state index contributed by atoms with van der Waals surface area (Å²) in [5.74, 6) is -0.106. The van der Waals surface area contributed by atoms with Crippen LogP contribution >= 0.6 is 0 Å². The van der Waals surface area contributed by atoms with Crippen LogP contribution < -0.4 is 9.80 Å². The zero-order chi connectivity index (χ0) is 11.4. The molecule has 1 aromatic rings. The van der Waals surface area contributed by atoms with Gasteiger partial charge in [0.15, 0.2) is 0 Å². The van der Waals surface area contributed by atoms with Crippen LogP contribution in [0.4, 0.5) is 11.4 Å². The minimum absolute atomic E-state index is 0.106. The molecule has 0 fully saturated rings. The quantitative estimate of drug-likeness (QED) is 0.702. The Hall–Kier alpha value is -1.77. The second-order valence-corrected chi connectivity index (χ2v) is 3.52. The van der Waals surface area contributed by atoms with Crippen molar-refractivity contribution in [2.24, 2.45) is 0 Å². The summed E-state index contributed by atoms with van der Waals surface area (Å²) in [4.78, 5) is 15.0. The van der Waals surface area contributed by atoms with Crippen molar-refractivity contribution < 1.29 is 4.79 Å². The maximum absolute atomic E-state index is 11.4. The first-order valence-corrected chi connectivity index (χ1v) is 4.73. The monoisotopic (exact) mass is 204 g/mol. The minimum atomic E-state index is -0.106. The lowest BCUT2D eigenvalue weighted by Crippen LogP contribution is -2.24. The summed E-state index contributed by atoms with van der Waals surface area (Å²) in [5.41, 5.74) is 1.93. The fraction of sp³-hybridized carbons (Fsp3) is 0.250. The highest BCUT2D eigenvalue weighted by Crippen LogP contribution is 2.20. The topological polar surface area (TPSA) is 23.6 Å². The van der Waals surface area contributed by atoms with Crippen LogP contribution in [-0.2, 0) is 4.79 Å². The fourth-order valence-corrected chi connectivity index (χ4v) is 1.24. The largest absolute Gasteiger partial charge is 0.378 e. The maximum Gasteiger partial charge on any atom is 0.250 e. The third-order valence-electron chi connectivity index (χ3n) is 2.24. The lowest BCUT2D eigenvalue weighted by atomic mass is 10.2. The van der Waals surface area contributed by atoms with Gasteiger partial charge in [-0.25, -0.2) is 0 Å². The maximum atomic E-state index is 11.4. The average molecular weight is 204 g/mol. The lowest BCUT2D eigenvalue weighted by Gasteiger charge is -2.18. The Morgan fingerprint density at radius 1 is 1.27 bits per heavy atom. The smallest absolute Gasteiger partial charge is 0.250 e. The van der Waals surface area contributed by atoms with E-state index < -0.39 is 0 Å². The Morgan fingerprint density at radius 3 is 2.40 bits per heavy atom. The van der Waals surface area contributed by atoms with Crippen LogP contribution in [0.2, 0.25) is 0 Å². The molecule has 0 spiro atoms. The Bertz CT molecular complexity index is 372. The van der Waals surface area contributed by atoms with Gasteiger partial charge in [-0.05, 0) is 24.3 Å². The molecule has 0 aliphatic carbocycles. The van der Waals surface area contributed by atoms with Crippen LogP contribution in [0.5, 0.6) is 0 Å². The van der Waals surface area contributed by atoms with E-state index in [0.717, 1.165) is 11.4 Å². The zero-order valence-electron chi connectivity index (χ0n) is 9.40. The predicted octanol–water partition coefficient (Wildman–Crippen LogP) is 1.90. The van der Waals surface area contributed by atoms with E-state index in [-0.39, 0.29) is 5.91 Å². The van der Waals surface area contributed by atoms with E-state index in [0.29, 0.717) is 0 Å². The van der Waals surface area contributed by atoms with E-state index in [1.807, 2.05) is 43.3 Å². The average Bonchev–Trinajstić information content (AvgIpc) is 2.27. The summed E-state index contributed by atoms with van der Waals surface area (Å²) in [7, 11) is 5.67. The second-order valence-electron chi connectivity index (χ2n) is 3.52. The van der Waals surface area contributed by atoms with E-state index in [2.05, 4.69) is 6.58 Å². The van der Waals surface area contributed by atoms with Gasteiger partial charge in [-0.15, -0.1) is 0 Å². The Labute approximate surface area is 90.6 Å². The van der Waals surface area contributed by atoms with E-state index in [1.165, 1.54) is 6.08 Å². The Morgan fingerprint density at radius 2 is 1.87 bits per heavy atom. The van der Waals surface area contributed by atoms with E-state index in [1.54, 1.807) is 11.9 Å². The van der Waals surface area contributed by atoms with Gasteiger partial charge in [0.05, 0.1) is 0 Å². The van der Waals surface area contributed by atoms with Crippen LogP contribution in [0.15, 0.2) is 36.9 Å². The predicted molar refractivity (Wildman–Crippen MR) is 64.4 cm³/mol. The van der Waals surface area contributed by atoms with Gasteiger partial charge in [-0.3, -0.25) is 4.79 Å². The number of benzene rings is 1. The SMILES string of the molecule is C=CC(=O)N(C)c1cccc(N(C)C)c1. The van der Waals surface area contributed by atoms with Crippen molar-refractivity contribution >= 4 is 17.3 Å². The molecule has 0 aliphatic heterocycles. The highest BCUT2D eigenvalue weighted by molar-refractivity contribution is 6.00. The van der Waals surface area contributed by atoms with Gasteiger partial charge in [0, 0.05) is 32.5 Å². The summed E-state index contributed by atoms with van der Waals surface area (Å²) in [6, 6.07) is 7.78. The molecule has 0 heterocycles. The van der Waals surface area contributed by atoms with Gasteiger partial charge in [0.2, 0.25) is 5.91 Å². The molecule has 3 heteroatoms. The summed E-state index contributed by atoms with van der Waals surface area (Å²) < 4.78 is 0. The molecule has 1 amide bonds. The molecule has 0 aliphatic rings. The molecule has 0 atom stereocenters. The summed E-state index contributed by atoms with van der Waals surface area (Å²) in [6.07, 6.45) is 1.31. The van der Waals surface area contributed by atoms with Crippen molar-refractivity contribution in [3.05, 3.63) is 36.9 Å². The van der Waals surface area contributed by atoms with Crippen molar-refractivity contribution in [2.75, 3.05) is 30.9 Å². The van der Waals surface area contributed by atoms with Crippen LogP contribution in [0.1, 0.15) is 0 Å². The summed E-state index contributed by atoms with van der Waals surface area (Å²) >= 11 is 0. The first kappa shape index (κ1) is 11.3. The molecule has 0 N–H and O–H groups in total. The molecule has 0 aromatic heterocycles. The third-order valence-corrected chi connectivity index (χ3v) is 2.24. The van der Waals surface area contributed by atoms with E-state index in [4.69, 9.17) is 0 Å². The standard InChI is InChI=1S/C12H16N2O/c1-5-12(15)14(4)11-8-6-7-10(9-11)13(2)3/h5-9H,1H2,2-4H3. The molecule has 0 saturated carbocycles. The van der Waals surface area contributed by atoms with Gasteiger partial charge in [0.1, 0.15) is 0 Å². The van der Waals surface area contributed by atoms with Gasteiger partial charge < -0.3 is 9.80 Å². The van der Waals surface area contributed by atoms with E-state index in [9.17, 15) is 4.79 Å². The van der Waals surface area contributed by atoms with Crippen molar-refractivity contribution in [3.8, 4) is 0 Å². The molecule has 15 heavy (non-hydrogen) atoms. The Kier molecular flexibility index (Phi) is 3.50. The summed E-state index contributed by atoms with van der Waals surface area (Å²) in [6.45, 7) is 3.46. The molecule has 1 aromatic carbocycles. The van der Waals surface area contributed by atoms with Gasteiger partial charge in [0.25, 0.3) is 0 Å². The molecular formula is C12H16N2O. The number of nitrogens with zero attached hydrogens (tertiary/aromatic N) is 2. The fourth-order valence-electron chi connectivity index (χ4n) is 1.24. The molecule has 0 saturated heterocycles. The summed E-state index contributed by atoms with van der Waals surface area (Å²) in [5, 5.41) is 0. The first-order valence-electron chi connectivity index (χ1n) is 4.73. The van der Waals surface area contributed by atoms with Crippen LogP contribution in [0.3, 0.4) is 0 Å². The number of anilines is 2. The van der Waals surface area contributed by atoms with Crippen LogP contribution in [0.25, 0.3) is 0 Å². The number of amides is 1. The van der Waals surface area contributed by atoms with Gasteiger partial charge in [-0.1, -0.05) is 12.6 Å². The highest BCUT2D eigenvalue weighted by Gasteiger charge is 2.07. The van der Waals surface area contributed by atoms with E-state index >= 15 is 0 Å². The normalized spacial score (nSPS) is 9.53. The van der Waals surface area contributed by atoms with Crippen molar-refractivity contribution in [2.45, 2.75) is 0 Å². The third kappa shape index (κ3) is 2.59. The molecule has 80 valence electrons. The van der Waals surface area contributed by atoms with Crippen molar-refractivity contribution in [1.29, 1.82) is 0 Å². The highest BCUT2D eigenvalue weighted by atomic mass is 16.2. The molecule has 0 unspecified atom stereocenters. The molecule has 0 bridgehead atoms. The van der Waals surface area contributed by atoms with Crippen molar-refractivity contribution in [3.63, 3.8) is 0 Å². The number of carbonyl (C=O) groups is 1. The Balaban J connectivity index is 2.99. The first-order chi connectivity index (χ1) is 7.06. The molecule has 3 nitrogen and oxygen atoms in total. The number of rotatable bonds is 3. The zero-order valence-corrected chi connectivity index (χ0v) is 9.40. The van der Waals surface area contributed by atoms with Gasteiger partial charge in [-0.2, -0.15) is 0 Å². The van der Waals surface area contributed by atoms with Crippen molar-refractivity contribution in [1.82, 2.24) is 0 Å². The number of carbonyl (C=O) groups excluding carboxylic acids is 1. The minimum Gasteiger partial charge on any atom is -0.378 e. The van der Waals surface area contributed by atoms with Crippen LogP contribution in [0, 0.1) is 0 Å². The van der Waals surface area contributed by atoms with Gasteiger partial charge >= 0.3 is 0 Å². The number of hydrogen-bond acceptors (Lipinski definition) is 2. The lowest BCUT2D eigenvalue weighted by molar-refractivity contribution is -0.113.